The first kappa shape index (κ1) is 15.5. The van der Waals surface area contributed by atoms with E-state index in [1.807, 2.05) is 24.3 Å². The topological polar surface area (TPSA) is 71.1 Å². The summed E-state index contributed by atoms with van der Waals surface area (Å²) in [6.45, 7) is 1.64. The van der Waals surface area contributed by atoms with Crippen LogP contribution in [0.4, 0.5) is 0 Å². The molecule has 0 aliphatic heterocycles. The summed E-state index contributed by atoms with van der Waals surface area (Å²) in [5, 5.41) is 9.90. The number of hydrogen-bond donors (Lipinski definition) is 0. The molecule has 0 bridgehead atoms. The first-order chi connectivity index (χ1) is 11.0. The van der Waals surface area contributed by atoms with Crippen molar-refractivity contribution in [1.29, 1.82) is 5.26 Å². The summed E-state index contributed by atoms with van der Waals surface area (Å²) < 4.78 is 5.08. The van der Waals surface area contributed by atoms with Gasteiger partial charge in [0.1, 0.15) is 5.76 Å². The van der Waals surface area contributed by atoms with Crippen LogP contribution in [0.1, 0.15) is 34.0 Å². The lowest BCUT2D eigenvalue weighted by Crippen LogP contribution is -2.24. The molecule has 1 aliphatic carbocycles. The molecule has 4 nitrogen and oxygen atoms in total. The Balaban J connectivity index is 1.76. The number of carbonyl (C=O) groups excluding carboxylic acids is 2. The number of Topliss-reactive ketones (excluding diaryl/α,β-unsaturated/α-hetero) is 2. The van der Waals surface area contributed by atoms with E-state index >= 15 is 0 Å². The van der Waals surface area contributed by atoms with Crippen molar-refractivity contribution in [3.05, 3.63) is 58.5 Å². The molecule has 0 amide bonds. The summed E-state index contributed by atoms with van der Waals surface area (Å²) in [6, 6.07) is 10.7. The van der Waals surface area contributed by atoms with E-state index in [-0.39, 0.29) is 17.6 Å². The summed E-state index contributed by atoms with van der Waals surface area (Å²) in [5.74, 6) is -1.92. The Hall–Kier alpha value is -2.38. The van der Waals surface area contributed by atoms with Crippen LogP contribution in [-0.4, -0.2) is 11.6 Å². The van der Waals surface area contributed by atoms with Crippen LogP contribution in [0.3, 0.4) is 0 Å². The largest absolute Gasteiger partial charge is 0.469 e. The molecule has 1 aromatic carbocycles. The Morgan fingerprint density at radius 3 is 2.78 bits per heavy atom. The van der Waals surface area contributed by atoms with Gasteiger partial charge in [-0.25, -0.2) is 0 Å². The van der Waals surface area contributed by atoms with Gasteiger partial charge >= 0.3 is 0 Å². The molecule has 1 aliphatic rings. The highest BCUT2D eigenvalue weighted by Gasteiger charge is 2.48. The van der Waals surface area contributed by atoms with Crippen LogP contribution >= 0.6 is 11.6 Å². The molecule has 5 heteroatoms. The van der Waals surface area contributed by atoms with Gasteiger partial charge in [0.15, 0.2) is 17.5 Å². The number of hydrogen-bond acceptors (Lipinski definition) is 4. The minimum atomic E-state index is -1.28. The fraction of sp³-hybridized carbons (Fsp3) is 0.278. The number of ketones is 2. The van der Waals surface area contributed by atoms with Crippen molar-refractivity contribution in [3.8, 4) is 6.07 Å². The predicted molar refractivity (Wildman–Crippen MR) is 84.2 cm³/mol. The molecule has 0 saturated heterocycles. The molecule has 1 heterocycles. The Morgan fingerprint density at radius 1 is 1.39 bits per heavy atom. The van der Waals surface area contributed by atoms with E-state index in [4.69, 9.17) is 16.0 Å². The smallest absolute Gasteiger partial charge is 0.191 e. The molecule has 1 aromatic heterocycles. The van der Waals surface area contributed by atoms with Crippen LogP contribution in [0, 0.1) is 30.1 Å². The number of nitriles is 1. The average molecular weight is 328 g/mol. The normalized spacial score (nSPS) is 20.6. The van der Waals surface area contributed by atoms with E-state index in [0.717, 1.165) is 5.56 Å². The molecule has 1 fully saturated rings. The molecule has 23 heavy (non-hydrogen) atoms. The standard InChI is InChI=1S/C18H14ClNO3/c1-10-13(5-6-23-10)17(21)16(9-20)18(22)15-8-14(15)11-3-2-4-12(19)7-11/h2-7,14-16H,8H2,1H3. The zero-order valence-corrected chi connectivity index (χ0v) is 13.2. The predicted octanol–water partition coefficient (Wildman–Crippen LogP) is 3.94. The van der Waals surface area contributed by atoms with Crippen molar-refractivity contribution in [1.82, 2.24) is 0 Å². The third-order valence-electron chi connectivity index (χ3n) is 4.23. The third kappa shape index (κ3) is 2.93. The molecule has 0 radical (unpaired) electrons. The summed E-state index contributed by atoms with van der Waals surface area (Å²) in [4.78, 5) is 25.0. The van der Waals surface area contributed by atoms with E-state index in [0.29, 0.717) is 22.8 Å². The molecule has 1 saturated carbocycles. The number of rotatable bonds is 5. The zero-order chi connectivity index (χ0) is 16.6. The second kappa shape index (κ2) is 6.02. The van der Waals surface area contributed by atoms with Crippen LogP contribution in [0.2, 0.25) is 5.02 Å². The molecule has 3 unspecified atom stereocenters. The minimum absolute atomic E-state index is 0.0373. The van der Waals surface area contributed by atoms with Crippen LogP contribution in [0.15, 0.2) is 41.0 Å². The van der Waals surface area contributed by atoms with E-state index in [1.54, 1.807) is 13.0 Å². The third-order valence-corrected chi connectivity index (χ3v) is 4.47. The second-order valence-electron chi connectivity index (χ2n) is 5.72. The second-order valence-corrected chi connectivity index (χ2v) is 6.16. The van der Waals surface area contributed by atoms with Crippen molar-refractivity contribution in [3.63, 3.8) is 0 Å². The van der Waals surface area contributed by atoms with Crippen LogP contribution in [-0.2, 0) is 4.79 Å². The quantitative estimate of drug-likeness (QED) is 0.616. The lowest BCUT2D eigenvalue weighted by atomic mass is 9.91. The van der Waals surface area contributed by atoms with E-state index < -0.39 is 11.7 Å². The molecule has 116 valence electrons. The Bertz CT molecular complexity index is 818. The number of halogens is 1. The van der Waals surface area contributed by atoms with Gasteiger partial charge in [-0.3, -0.25) is 9.59 Å². The monoisotopic (exact) mass is 327 g/mol. The number of furan rings is 1. The van der Waals surface area contributed by atoms with Crippen molar-refractivity contribution in [2.45, 2.75) is 19.3 Å². The van der Waals surface area contributed by atoms with Gasteiger partial charge in [-0.1, -0.05) is 23.7 Å². The van der Waals surface area contributed by atoms with Gasteiger partial charge < -0.3 is 4.42 Å². The maximum atomic E-state index is 12.5. The van der Waals surface area contributed by atoms with E-state index in [2.05, 4.69) is 0 Å². The van der Waals surface area contributed by atoms with Gasteiger partial charge in [0.05, 0.1) is 17.9 Å². The van der Waals surface area contributed by atoms with Crippen molar-refractivity contribution in [2.75, 3.05) is 0 Å². The highest BCUT2D eigenvalue weighted by molar-refractivity contribution is 6.30. The van der Waals surface area contributed by atoms with Gasteiger partial charge in [0.25, 0.3) is 0 Å². The zero-order valence-electron chi connectivity index (χ0n) is 12.5. The van der Waals surface area contributed by atoms with Crippen molar-refractivity contribution < 1.29 is 14.0 Å². The van der Waals surface area contributed by atoms with Gasteiger partial charge in [-0.2, -0.15) is 5.26 Å². The Morgan fingerprint density at radius 2 is 2.17 bits per heavy atom. The molecule has 0 N–H and O–H groups in total. The number of carbonyl (C=O) groups is 2. The summed E-state index contributed by atoms with van der Waals surface area (Å²) >= 11 is 5.97. The lowest BCUT2D eigenvalue weighted by Gasteiger charge is -2.07. The van der Waals surface area contributed by atoms with Gasteiger partial charge in [0, 0.05) is 10.9 Å². The average Bonchev–Trinajstić information content (AvgIpc) is 3.22. The maximum absolute atomic E-state index is 12.5. The highest BCUT2D eigenvalue weighted by atomic mass is 35.5. The van der Waals surface area contributed by atoms with Gasteiger partial charge in [0.2, 0.25) is 0 Å². The van der Waals surface area contributed by atoms with Crippen molar-refractivity contribution >= 4 is 23.2 Å². The first-order valence-electron chi connectivity index (χ1n) is 7.30. The highest BCUT2D eigenvalue weighted by Crippen LogP contribution is 2.49. The van der Waals surface area contributed by atoms with E-state index in [9.17, 15) is 14.9 Å². The maximum Gasteiger partial charge on any atom is 0.191 e. The SMILES string of the molecule is Cc1occc1C(=O)C(C#N)C(=O)C1CC1c1cccc(Cl)c1. The lowest BCUT2D eigenvalue weighted by molar-refractivity contribution is -0.121. The summed E-state index contributed by atoms with van der Waals surface area (Å²) in [5.41, 5.74) is 1.27. The van der Waals surface area contributed by atoms with Crippen LogP contribution in [0.5, 0.6) is 0 Å². The molecular formula is C18H14ClNO3. The minimum Gasteiger partial charge on any atom is -0.469 e. The van der Waals surface area contributed by atoms with Crippen LogP contribution in [0.25, 0.3) is 0 Å². The molecular weight excluding hydrogens is 314 g/mol. The van der Waals surface area contributed by atoms with Crippen LogP contribution < -0.4 is 0 Å². The summed E-state index contributed by atoms with van der Waals surface area (Å²) in [7, 11) is 0. The Kier molecular flexibility index (Phi) is 4.06. The van der Waals surface area contributed by atoms with Crippen molar-refractivity contribution in [2.24, 2.45) is 11.8 Å². The fourth-order valence-electron chi connectivity index (χ4n) is 2.88. The van der Waals surface area contributed by atoms with Gasteiger partial charge in [-0.05, 0) is 43.0 Å². The molecule has 3 atom stereocenters. The van der Waals surface area contributed by atoms with E-state index in [1.165, 1.54) is 12.3 Å². The number of nitrogens with zero attached hydrogens (tertiary/aromatic N) is 1. The number of aryl methyl sites for hydroxylation is 1. The molecule has 0 spiro atoms. The van der Waals surface area contributed by atoms with Gasteiger partial charge in [-0.15, -0.1) is 0 Å². The number of benzene rings is 1. The Labute approximate surface area is 138 Å². The fourth-order valence-corrected chi connectivity index (χ4v) is 3.08. The summed E-state index contributed by atoms with van der Waals surface area (Å²) in [6.07, 6.45) is 2.03. The molecule has 3 rings (SSSR count). The first-order valence-corrected chi connectivity index (χ1v) is 7.68. The molecule has 2 aromatic rings.